The molecule has 5 nitrogen and oxygen atoms in total. The third kappa shape index (κ3) is 2.25. The number of carbonyl (C=O) groups is 1. The Morgan fingerprint density at radius 2 is 2.21 bits per heavy atom. The van der Waals surface area contributed by atoms with Gasteiger partial charge in [-0.05, 0) is 6.07 Å². The van der Waals surface area contributed by atoms with Gasteiger partial charge < -0.3 is 4.74 Å². The fourth-order valence-electron chi connectivity index (χ4n) is 0.865. The van der Waals surface area contributed by atoms with E-state index >= 15 is 0 Å². The van der Waals surface area contributed by atoms with Gasteiger partial charge in [0.1, 0.15) is 5.75 Å². The molecule has 1 aromatic rings. The number of nitro benzene ring substituents is 1. The monoisotopic (exact) mass is 199 g/mol. The number of hydrogen-bond acceptors (Lipinski definition) is 4. The van der Waals surface area contributed by atoms with Gasteiger partial charge in [0.15, 0.2) is 0 Å². The van der Waals surface area contributed by atoms with Crippen LogP contribution in [0.2, 0.25) is 0 Å². The predicted molar refractivity (Wildman–Crippen MR) is 44.4 cm³/mol. The minimum Gasteiger partial charge on any atom is -0.427 e. The van der Waals surface area contributed by atoms with Crippen LogP contribution >= 0.6 is 0 Å². The molecule has 14 heavy (non-hydrogen) atoms. The molecule has 1 rings (SSSR count). The Hall–Kier alpha value is -1.98. The summed E-state index contributed by atoms with van der Waals surface area (Å²) in [6.45, 7) is 1.15. The van der Waals surface area contributed by atoms with Crippen LogP contribution in [-0.4, -0.2) is 10.9 Å². The molecule has 0 aliphatic carbocycles. The summed E-state index contributed by atoms with van der Waals surface area (Å²) in [6, 6.07) is 2.88. The third-order valence-electron chi connectivity index (χ3n) is 1.38. The molecule has 0 aliphatic heterocycles. The molecule has 0 heterocycles. The molecular formula is C8H6FNO4. The number of esters is 1. The van der Waals surface area contributed by atoms with Gasteiger partial charge in [-0.2, -0.15) is 4.39 Å². The predicted octanol–water partition coefficient (Wildman–Crippen LogP) is 1.66. The highest BCUT2D eigenvalue weighted by Crippen LogP contribution is 2.22. The van der Waals surface area contributed by atoms with E-state index in [0.717, 1.165) is 25.1 Å². The van der Waals surface area contributed by atoms with Crippen LogP contribution in [0.3, 0.4) is 0 Å². The number of ether oxygens (including phenoxy) is 1. The third-order valence-corrected chi connectivity index (χ3v) is 1.38. The van der Waals surface area contributed by atoms with E-state index in [1.165, 1.54) is 0 Å². The van der Waals surface area contributed by atoms with Crippen LogP contribution < -0.4 is 4.74 Å². The topological polar surface area (TPSA) is 69.4 Å². The standard InChI is InChI=1S/C8H6FNO4/c1-5(11)14-6-2-3-8(10(12)13)7(9)4-6/h2-4H,1H3. The Balaban J connectivity index is 3.00. The zero-order valence-electron chi connectivity index (χ0n) is 7.19. The number of nitro groups is 1. The SMILES string of the molecule is CC(=O)Oc1ccc([N+](=O)[O-])c(F)c1. The van der Waals surface area contributed by atoms with Crippen molar-refractivity contribution in [3.05, 3.63) is 34.1 Å². The zero-order chi connectivity index (χ0) is 10.7. The highest BCUT2D eigenvalue weighted by molar-refractivity contribution is 5.69. The largest absolute Gasteiger partial charge is 0.427 e. The van der Waals surface area contributed by atoms with Crippen LogP contribution in [-0.2, 0) is 4.79 Å². The second-order valence-electron chi connectivity index (χ2n) is 2.46. The van der Waals surface area contributed by atoms with Gasteiger partial charge in [-0.25, -0.2) is 0 Å². The number of hydrogen-bond donors (Lipinski definition) is 0. The first-order valence-corrected chi connectivity index (χ1v) is 3.63. The molecule has 0 bridgehead atoms. The zero-order valence-corrected chi connectivity index (χ0v) is 7.19. The molecule has 0 radical (unpaired) electrons. The molecule has 0 saturated carbocycles. The highest BCUT2D eigenvalue weighted by Gasteiger charge is 2.14. The Morgan fingerprint density at radius 3 is 2.64 bits per heavy atom. The Kier molecular flexibility index (Phi) is 2.76. The number of nitrogens with zero attached hydrogens (tertiary/aromatic N) is 1. The Bertz CT molecular complexity index is 391. The van der Waals surface area contributed by atoms with E-state index in [9.17, 15) is 19.3 Å². The van der Waals surface area contributed by atoms with E-state index in [1.54, 1.807) is 0 Å². The van der Waals surface area contributed by atoms with Gasteiger partial charge in [0.05, 0.1) is 4.92 Å². The molecule has 0 aliphatic rings. The number of carbonyl (C=O) groups excluding carboxylic acids is 1. The number of halogens is 1. The summed E-state index contributed by atoms with van der Waals surface area (Å²) in [5, 5.41) is 10.2. The van der Waals surface area contributed by atoms with E-state index in [-0.39, 0.29) is 5.75 Å². The average molecular weight is 199 g/mol. The summed E-state index contributed by atoms with van der Waals surface area (Å²) >= 11 is 0. The van der Waals surface area contributed by atoms with Crippen molar-refractivity contribution < 1.29 is 18.8 Å². The average Bonchev–Trinajstić information content (AvgIpc) is 2.01. The molecule has 0 aromatic heterocycles. The van der Waals surface area contributed by atoms with Gasteiger partial charge in [0.25, 0.3) is 0 Å². The van der Waals surface area contributed by atoms with Gasteiger partial charge in [-0.15, -0.1) is 0 Å². The fraction of sp³-hybridized carbons (Fsp3) is 0.125. The lowest BCUT2D eigenvalue weighted by Crippen LogP contribution is -2.02. The van der Waals surface area contributed by atoms with Crippen LogP contribution in [0.1, 0.15) is 6.92 Å². The van der Waals surface area contributed by atoms with E-state index in [2.05, 4.69) is 4.74 Å². The molecule has 0 atom stereocenters. The number of rotatable bonds is 2. The van der Waals surface area contributed by atoms with Crippen LogP contribution in [0, 0.1) is 15.9 Å². The summed E-state index contributed by atoms with van der Waals surface area (Å²) in [5.74, 6) is -1.70. The molecule has 0 saturated heterocycles. The number of benzene rings is 1. The Morgan fingerprint density at radius 1 is 1.57 bits per heavy atom. The normalized spacial score (nSPS) is 9.57. The molecule has 0 fully saturated rings. The summed E-state index contributed by atoms with van der Waals surface area (Å²) in [4.78, 5) is 19.8. The maximum Gasteiger partial charge on any atom is 0.308 e. The molecular weight excluding hydrogens is 193 g/mol. The molecule has 6 heteroatoms. The van der Waals surface area contributed by atoms with Gasteiger partial charge >= 0.3 is 11.7 Å². The quantitative estimate of drug-likeness (QED) is 0.314. The molecule has 0 unspecified atom stereocenters. The molecule has 74 valence electrons. The summed E-state index contributed by atoms with van der Waals surface area (Å²) in [6.07, 6.45) is 0. The van der Waals surface area contributed by atoms with Gasteiger partial charge in [0, 0.05) is 19.1 Å². The van der Waals surface area contributed by atoms with E-state index in [1.807, 2.05) is 0 Å². The van der Waals surface area contributed by atoms with Gasteiger partial charge in [-0.3, -0.25) is 14.9 Å². The minimum atomic E-state index is -1.03. The van der Waals surface area contributed by atoms with Crippen molar-refractivity contribution in [2.24, 2.45) is 0 Å². The molecule has 1 aromatic carbocycles. The van der Waals surface area contributed by atoms with Gasteiger partial charge in [-0.1, -0.05) is 0 Å². The van der Waals surface area contributed by atoms with E-state index < -0.39 is 22.4 Å². The fourth-order valence-corrected chi connectivity index (χ4v) is 0.865. The van der Waals surface area contributed by atoms with Crippen molar-refractivity contribution in [2.45, 2.75) is 6.92 Å². The first-order valence-electron chi connectivity index (χ1n) is 3.63. The van der Waals surface area contributed by atoms with Crippen molar-refractivity contribution in [3.8, 4) is 5.75 Å². The van der Waals surface area contributed by atoms with Crippen LogP contribution in [0.5, 0.6) is 5.75 Å². The lowest BCUT2D eigenvalue weighted by molar-refractivity contribution is -0.387. The summed E-state index contributed by atoms with van der Waals surface area (Å²) in [5.41, 5.74) is -0.652. The van der Waals surface area contributed by atoms with Crippen LogP contribution in [0.15, 0.2) is 18.2 Å². The molecule has 0 amide bonds. The second-order valence-corrected chi connectivity index (χ2v) is 2.46. The maximum absolute atomic E-state index is 12.9. The first-order chi connectivity index (χ1) is 6.50. The highest BCUT2D eigenvalue weighted by atomic mass is 19.1. The summed E-state index contributed by atoms with van der Waals surface area (Å²) in [7, 11) is 0. The lowest BCUT2D eigenvalue weighted by atomic mass is 10.3. The lowest BCUT2D eigenvalue weighted by Gasteiger charge is -2.00. The summed E-state index contributed by atoms with van der Waals surface area (Å²) < 4.78 is 17.4. The van der Waals surface area contributed by atoms with Crippen LogP contribution in [0.25, 0.3) is 0 Å². The molecule has 0 N–H and O–H groups in total. The van der Waals surface area contributed by atoms with Crippen molar-refractivity contribution >= 4 is 11.7 Å². The van der Waals surface area contributed by atoms with Crippen LogP contribution in [0.4, 0.5) is 10.1 Å². The molecule has 0 spiro atoms. The van der Waals surface area contributed by atoms with Crippen molar-refractivity contribution in [3.63, 3.8) is 0 Å². The second kappa shape index (κ2) is 3.82. The van der Waals surface area contributed by atoms with Crippen molar-refractivity contribution in [2.75, 3.05) is 0 Å². The smallest absolute Gasteiger partial charge is 0.308 e. The van der Waals surface area contributed by atoms with Gasteiger partial charge in [0.2, 0.25) is 5.82 Å². The van der Waals surface area contributed by atoms with E-state index in [0.29, 0.717) is 0 Å². The Labute approximate surface area is 78.3 Å². The minimum absolute atomic E-state index is 0.0550. The maximum atomic E-state index is 12.9. The van der Waals surface area contributed by atoms with Crippen molar-refractivity contribution in [1.29, 1.82) is 0 Å². The van der Waals surface area contributed by atoms with Crippen molar-refractivity contribution in [1.82, 2.24) is 0 Å². The van der Waals surface area contributed by atoms with E-state index in [4.69, 9.17) is 0 Å². The first kappa shape index (κ1) is 10.1.